The summed E-state index contributed by atoms with van der Waals surface area (Å²) < 4.78 is 11.5. The van der Waals surface area contributed by atoms with E-state index in [-0.39, 0.29) is 5.76 Å². The van der Waals surface area contributed by atoms with Crippen molar-refractivity contribution < 1.29 is 13.6 Å². The van der Waals surface area contributed by atoms with Gasteiger partial charge in [-0.2, -0.15) is 5.10 Å². The first-order valence-electron chi connectivity index (χ1n) is 6.45. The molecule has 2 aromatic heterocycles. The second kappa shape index (κ2) is 6.44. The van der Waals surface area contributed by atoms with Gasteiger partial charge in [0.2, 0.25) is 0 Å². The average molecular weight is 359 g/mol. The number of amides is 1. The van der Waals surface area contributed by atoms with Crippen LogP contribution in [0, 0.1) is 0 Å². The van der Waals surface area contributed by atoms with Crippen LogP contribution in [0.4, 0.5) is 0 Å². The number of hydrogen-bond donors (Lipinski definition) is 1. The number of hydrazone groups is 1. The lowest BCUT2D eigenvalue weighted by atomic mass is 10.2. The summed E-state index contributed by atoms with van der Waals surface area (Å²) in [5.41, 5.74) is 3.05. The minimum Gasteiger partial charge on any atom is -0.465 e. The van der Waals surface area contributed by atoms with Crippen molar-refractivity contribution >= 4 is 45.1 Å². The fourth-order valence-electron chi connectivity index (χ4n) is 1.84. The van der Waals surface area contributed by atoms with Gasteiger partial charge < -0.3 is 8.83 Å². The fourth-order valence-corrected chi connectivity index (χ4v) is 2.22. The molecule has 3 rings (SSSR count). The minimum absolute atomic E-state index is 0.209. The maximum atomic E-state index is 11.9. The summed E-state index contributed by atoms with van der Waals surface area (Å²) in [5, 5.41) is 4.66. The number of nitrogens with one attached hydrogen (secondary N) is 1. The highest BCUT2D eigenvalue weighted by atomic mass is 79.9. The van der Waals surface area contributed by atoms with E-state index in [1.165, 1.54) is 6.21 Å². The van der Waals surface area contributed by atoms with E-state index in [1.54, 1.807) is 36.6 Å². The van der Waals surface area contributed by atoms with Crippen molar-refractivity contribution in [2.45, 2.75) is 0 Å². The zero-order chi connectivity index (χ0) is 15.4. The molecule has 6 heteroatoms. The summed E-state index contributed by atoms with van der Waals surface area (Å²) in [6.45, 7) is 0. The van der Waals surface area contributed by atoms with E-state index in [0.717, 1.165) is 9.86 Å². The predicted octanol–water partition coefficient (Wildman–Crippen LogP) is 4.22. The van der Waals surface area contributed by atoms with Crippen LogP contribution in [0.1, 0.15) is 16.3 Å². The van der Waals surface area contributed by atoms with Crippen molar-refractivity contribution in [2.24, 2.45) is 5.10 Å². The first-order chi connectivity index (χ1) is 10.7. The zero-order valence-corrected chi connectivity index (χ0v) is 12.9. The average Bonchev–Trinajstić information content (AvgIpc) is 3.15. The van der Waals surface area contributed by atoms with Gasteiger partial charge in [0.15, 0.2) is 5.76 Å². The number of nitrogens with zero attached hydrogens (tertiary/aromatic N) is 1. The van der Waals surface area contributed by atoms with Gasteiger partial charge in [0.25, 0.3) is 0 Å². The molecule has 0 spiro atoms. The summed E-state index contributed by atoms with van der Waals surface area (Å²) in [6.07, 6.45) is 6.43. The SMILES string of the molecule is O=C(N/N=C\C=C\c1ccco1)c1cc2cc(Br)ccc2o1. The van der Waals surface area contributed by atoms with Crippen LogP contribution in [0.15, 0.2) is 67.1 Å². The Balaban J connectivity index is 1.63. The third-order valence-corrected chi connectivity index (χ3v) is 3.33. The van der Waals surface area contributed by atoms with Crippen LogP contribution < -0.4 is 5.43 Å². The van der Waals surface area contributed by atoms with Crippen molar-refractivity contribution in [3.05, 3.63) is 64.7 Å². The summed E-state index contributed by atoms with van der Waals surface area (Å²) >= 11 is 3.37. The third kappa shape index (κ3) is 3.35. The molecule has 1 amide bonds. The first-order valence-corrected chi connectivity index (χ1v) is 7.24. The number of furan rings is 2. The van der Waals surface area contributed by atoms with E-state index < -0.39 is 5.91 Å². The molecule has 3 aromatic rings. The molecule has 0 fully saturated rings. The van der Waals surface area contributed by atoms with Gasteiger partial charge in [-0.05, 0) is 48.6 Å². The Hall–Kier alpha value is -2.60. The Kier molecular flexibility index (Phi) is 4.20. The molecular formula is C16H11BrN2O3. The molecule has 0 unspecified atom stereocenters. The largest absolute Gasteiger partial charge is 0.465 e. The third-order valence-electron chi connectivity index (χ3n) is 2.83. The number of halogens is 1. The van der Waals surface area contributed by atoms with E-state index in [0.29, 0.717) is 11.3 Å². The molecule has 0 bridgehead atoms. The van der Waals surface area contributed by atoms with Crippen LogP contribution in [0.3, 0.4) is 0 Å². The maximum absolute atomic E-state index is 11.9. The monoisotopic (exact) mass is 358 g/mol. The second-order valence-corrected chi connectivity index (χ2v) is 5.30. The molecule has 0 saturated heterocycles. The molecule has 0 aliphatic rings. The molecule has 0 aliphatic heterocycles. The van der Waals surface area contributed by atoms with Gasteiger partial charge in [0.05, 0.1) is 6.26 Å². The Morgan fingerprint density at radius 3 is 3.00 bits per heavy atom. The van der Waals surface area contributed by atoms with Gasteiger partial charge in [-0.25, -0.2) is 5.43 Å². The highest BCUT2D eigenvalue weighted by Crippen LogP contribution is 2.23. The fraction of sp³-hybridized carbons (Fsp3) is 0. The second-order valence-electron chi connectivity index (χ2n) is 4.39. The van der Waals surface area contributed by atoms with Crippen molar-refractivity contribution in [3.63, 3.8) is 0 Å². The smallest absolute Gasteiger partial charge is 0.307 e. The molecule has 0 aliphatic carbocycles. The summed E-state index contributed by atoms with van der Waals surface area (Å²) in [6, 6.07) is 10.8. The van der Waals surface area contributed by atoms with Crippen LogP contribution in [-0.2, 0) is 0 Å². The molecule has 0 radical (unpaired) electrons. The molecule has 110 valence electrons. The van der Waals surface area contributed by atoms with E-state index in [4.69, 9.17) is 8.83 Å². The Morgan fingerprint density at radius 1 is 1.27 bits per heavy atom. The van der Waals surface area contributed by atoms with Crippen molar-refractivity contribution in [1.82, 2.24) is 5.43 Å². The topological polar surface area (TPSA) is 67.7 Å². The molecule has 0 saturated carbocycles. The van der Waals surface area contributed by atoms with Gasteiger partial charge in [-0.3, -0.25) is 4.79 Å². The first kappa shape index (κ1) is 14.3. The van der Waals surface area contributed by atoms with Gasteiger partial charge in [0, 0.05) is 16.1 Å². The van der Waals surface area contributed by atoms with E-state index in [9.17, 15) is 4.79 Å². The number of carbonyl (C=O) groups is 1. The highest BCUT2D eigenvalue weighted by molar-refractivity contribution is 9.10. The standard InChI is InChI=1S/C16H11BrN2O3/c17-12-5-6-14-11(9-12)10-15(22-14)16(20)19-18-7-1-3-13-4-2-8-21-13/h1-10H,(H,19,20)/b3-1+,18-7-. The van der Waals surface area contributed by atoms with Crippen LogP contribution in [0.25, 0.3) is 17.0 Å². The Morgan fingerprint density at radius 2 is 2.18 bits per heavy atom. The molecule has 0 atom stereocenters. The number of allylic oxidation sites excluding steroid dienone is 1. The van der Waals surface area contributed by atoms with Crippen LogP contribution in [-0.4, -0.2) is 12.1 Å². The maximum Gasteiger partial charge on any atom is 0.307 e. The normalized spacial score (nSPS) is 11.7. The molecule has 1 N–H and O–H groups in total. The van der Waals surface area contributed by atoms with Crippen molar-refractivity contribution in [3.8, 4) is 0 Å². The Bertz CT molecular complexity index is 848. The van der Waals surface area contributed by atoms with Crippen LogP contribution >= 0.6 is 15.9 Å². The summed E-state index contributed by atoms with van der Waals surface area (Å²) in [4.78, 5) is 11.9. The van der Waals surface area contributed by atoms with Gasteiger partial charge in [-0.1, -0.05) is 15.9 Å². The van der Waals surface area contributed by atoms with E-state index >= 15 is 0 Å². The number of carbonyl (C=O) groups excluding carboxylic acids is 1. The Labute approximate surface area is 134 Å². The van der Waals surface area contributed by atoms with Gasteiger partial charge in [-0.15, -0.1) is 0 Å². The van der Waals surface area contributed by atoms with Crippen molar-refractivity contribution in [1.29, 1.82) is 0 Å². The van der Waals surface area contributed by atoms with Crippen LogP contribution in [0.5, 0.6) is 0 Å². The number of benzene rings is 1. The quantitative estimate of drug-likeness (QED) is 0.560. The number of fused-ring (bicyclic) bond motifs is 1. The summed E-state index contributed by atoms with van der Waals surface area (Å²) in [5.74, 6) is 0.510. The molecule has 1 aromatic carbocycles. The molecule has 5 nitrogen and oxygen atoms in total. The summed E-state index contributed by atoms with van der Waals surface area (Å²) in [7, 11) is 0. The van der Waals surface area contributed by atoms with Crippen LogP contribution in [0.2, 0.25) is 0 Å². The number of hydrogen-bond acceptors (Lipinski definition) is 4. The van der Waals surface area contributed by atoms with Gasteiger partial charge in [0.1, 0.15) is 11.3 Å². The van der Waals surface area contributed by atoms with Gasteiger partial charge >= 0.3 is 5.91 Å². The highest BCUT2D eigenvalue weighted by Gasteiger charge is 2.11. The zero-order valence-electron chi connectivity index (χ0n) is 11.3. The van der Waals surface area contributed by atoms with Crippen molar-refractivity contribution in [2.75, 3.05) is 0 Å². The van der Waals surface area contributed by atoms with E-state index in [1.807, 2.05) is 18.2 Å². The van der Waals surface area contributed by atoms with E-state index in [2.05, 4.69) is 26.5 Å². The molecule has 22 heavy (non-hydrogen) atoms. The lowest BCUT2D eigenvalue weighted by molar-refractivity contribution is 0.0929. The number of rotatable bonds is 4. The minimum atomic E-state index is -0.407. The predicted molar refractivity (Wildman–Crippen MR) is 87.6 cm³/mol. The molecule has 2 heterocycles. The lowest BCUT2D eigenvalue weighted by Crippen LogP contribution is -2.16. The molecular weight excluding hydrogens is 348 g/mol. The lowest BCUT2D eigenvalue weighted by Gasteiger charge is -1.93.